The van der Waals surface area contributed by atoms with E-state index in [1.807, 2.05) is 13.8 Å². The van der Waals surface area contributed by atoms with Crippen LogP contribution in [0, 0.1) is 23.7 Å². The smallest absolute Gasteiger partial charge is 0.320 e. The number of carbonyl (C=O) groups excluding carboxylic acids is 1. The second-order valence-electron chi connectivity index (χ2n) is 6.37. The third kappa shape index (κ3) is 2.38. The third-order valence-corrected chi connectivity index (χ3v) is 4.72. The monoisotopic (exact) mass is 254 g/mol. The van der Waals surface area contributed by atoms with Gasteiger partial charge in [-0.3, -0.25) is 9.59 Å². The Morgan fingerprint density at radius 3 is 2.39 bits per heavy atom. The van der Waals surface area contributed by atoms with E-state index in [9.17, 15) is 9.59 Å². The van der Waals surface area contributed by atoms with Crippen molar-refractivity contribution in [2.45, 2.75) is 52.1 Å². The molecule has 4 nitrogen and oxygen atoms in total. The van der Waals surface area contributed by atoms with Gasteiger partial charge in [0.25, 0.3) is 0 Å². The Morgan fingerprint density at radius 1 is 1.28 bits per heavy atom. The first-order valence-corrected chi connectivity index (χ1v) is 6.77. The van der Waals surface area contributed by atoms with Crippen molar-refractivity contribution in [1.82, 2.24) is 0 Å². The average molecular weight is 254 g/mol. The molecule has 0 heterocycles. The second-order valence-corrected chi connectivity index (χ2v) is 6.37. The van der Waals surface area contributed by atoms with Crippen molar-refractivity contribution in [3.8, 4) is 0 Å². The molecule has 2 aliphatic carbocycles. The summed E-state index contributed by atoms with van der Waals surface area (Å²) in [6.07, 6.45) is 4.90. The lowest BCUT2D eigenvalue weighted by molar-refractivity contribution is -0.173. The number of carboxylic acid groups (broad SMARTS) is 1. The van der Waals surface area contributed by atoms with E-state index in [1.54, 1.807) is 0 Å². The Morgan fingerprint density at radius 2 is 1.94 bits per heavy atom. The van der Waals surface area contributed by atoms with Crippen LogP contribution in [-0.4, -0.2) is 22.6 Å². The van der Waals surface area contributed by atoms with Gasteiger partial charge in [-0.05, 0) is 51.9 Å². The molecule has 4 heteroatoms. The largest absolute Gasteiger partial charge is 0.481 e. The van der Waals surface area contributed by atoms with Crippen molar-refractivity contribution >= 4 is 11.9 Å². The summed E-state index contributed by atoms with van der Waals surface area (Å²) in [4.78, 5) is 22.5. The normalized spacial score (nSPS) is 32.3. The summed E-state index contributed by atoms with van der Waals surface area (Å²) in [5.74, 6) is -0.990. The number of carboxylic acids is 1. The van der Waals surface area contributed by atoms with Gasteiger partial charge >= 0.3 is 11.9 Å². The van der Waals surface area contributed by atoms with Crippen LogP contribution in [0.15, 0.2) is 0 Å². The summed E-state index contributed by atoms with van der Waals surface area (Å²) in [7, 11) is 0. The van der Waals surface area contributed by atoms with E-state index in [2.05, 4.69) is 0 Å². The first-order valence-electron chi connectivity index (χ1n) is 6.77. The molecular formula is C14H22O4. The highest BCUT2D eigenvalue weighted by atomic mass is 16.6. The molecular weight excluding hydrogens is 232 g/mol. The van der Waals surface area contributed by atoms with Crippen LogP contribution in [-0.2, 0) is 14.3 Å². The molecule has 102 valence electrons. The number of hydrogen-bond donors (Lipinski definition) is 1. The maximum absolute atomic E-state index is 11.8. The quantitative estimate of drug-likeness (QED) is 0.618. The molecule has 1 N–H and O–H groups in total. The molecule has 0 aromatic rings. The molecule has 4 atom stereocenters. The SMILES string of the molecule is CC(C(=O)O)C(=O)OC(C)(C)C1CC2CCC1C2. The topological polar surface area (TPSA) is 63.6 Å². The zero-order valence-electron chi connectivity index (χ0n) is 11.3. The minimum Gasteiger partial charge on any atom is -0.481 e. The molecule has 18 heavy (non-hydrogen) atoms. The highest BCUT2D eigenvalue weighted by Crippen LogP contribution is 2.52. The molecule has 2 bridgehead atoms. The summed E-state index contributed by atoms with van der Waals surface area (Å²) < 4.78 is 5.48. The molecule has 0 radical (unpaired) electrons. The standard InChI is InChI=1S/C14H22O4/c1-8(12(15)16)13(17)18-14(2,3)11-7-9-4-5-10(11)6-9/h8-11H,4-7H2,1-3H3,(H,15,16). The predicted molar refractivity (Wildman–Crippen MR) is 65.9 cm³/mol. The number of esters is 1. The van der Waals surface area contributed by atoms with Gasteiger partial charge in [-0.25, -0.2) is 0 Å². The average Bonchev–Trinajstić information content (AvgIpc) is 2.88. The first-order chi connectivity index (χ1) is 8.31. The van der Waals surface area contributed by atoms with Gasteiger partial charge in [0.2, 0.25) is 0 Å². The van der Waals surface area contributed by atoms with Gasteiger partial charge in [0.05, 0.1) is 0 Å². The van der Waals surface area contributed by atoms with Crippen molar-refractivity contribution in [2.24, 2.45) is 23.7 Å². The Kier molecular flexibility index (Phi) is 3.39. The van der Waals surface area contributed by atoms with E-state index in [1.165, 1.54) is 26.2 Å². The van der Waals surface area contributed by atoms with Crippen molar-refractivity contribution in [3.63, 3.8) is 0 Å². The fourth-order valence-corrected chi connectivity index (χ4v) is 3.62. The number of aliphatic carboxylic acids is 1. The Bertz CT molecular complexity index is 361. The van der Waals surface area contributed by atoms with Crippen LogP contribution in [0.5, 0.6) is 0 Å². The summed E-state index contributed by atoms with van der Waals surface area (Å²) in [6, 6.07) is 0. The molecule has 0 aliphatic heterocycles. The van der Waals surface area contributed by atoms with Crippen LogP contribution in [0.25, 0.3) is 0 Å². The van der Waals surface area contributed by atoms with E-state index in [0.29, 0.717) is 11.8 Å². The lowest BCUT2D eigenvalue weighted by atomic mass is 9.78. The minimum atomic E-state index is -1.12. The zero-order chi connectivity index (χ0) is 13.5. The lowest BCUT2D eigenvalue weighted by Gasteiger charge is -2.37. The van der Waals surface area contributed by atoms with E-state index < -0.39 is 23.5 Å². The third-order valence-electron chi connectivity index (χ3n) is 4.72. The first kappa shape index (κ1) is 13.4. The summed E-state index contributed by atoms with van der Waals surface area (Å²) >= 11 is 0. The minimum absolute atomic E-state index is 0.390. The van der Waals surface area contributed by atoms with Gasteiger partial charge in [-0.1, -0.05) is 6.42 Å². The van der Waals surface area contributed by atoms with E-state index in [4.69, 9.17) is 9.84 Å². The summed E-state index contributed by atoms with van der Waals surface area (Å²) in [6.45, 7) is 5.22. The molecule has 0 spiro atoms. The van der Waals surface area contributed by atoms with Crippen molar-refractivity contribution in [3.05, 3.63) is 0 Å². The van der Waals surface area contributed by atoms with E-state index >= 15 is 0 Å². The van der Waals surface area contributed by atoms with Gasteiger partial charge in [0, 0.05) is 5.92 Å². The number of fused-ring (bicyclic) bond motifs is 2. The van der Waals surface area contributed by atoms with Crippen molar-refractivity contribution < 1.29 is 19.4 Å². The van der Waals surface area contributed by atoms with Crippen LogP contribution in [0.3, 0.4) is 0 Å². The van der Waals surface area contributed by atoms with Crippen LogP contribution in [0.2, 0.25) is 0 Å². The number of rotatable bonds is 4. The molecule has 0 aromatic heterocycles. The Hall–Kier alpha value is -1.06. The van der Waals surface area contributed by atoms with Crippen molar-refractivity contribution in [1.29, 1.82) is 0 Å². The maximum Gasteiger partial charge on any atom is 0.320 e. The highest BCUT2D eigenvalue weighted by Gasteiger charge is 2.48. The van der Waals surface area contributed by atoms with Gasteiger partial charge in [0.1, 0.15) is 5.60 Å². The Labute approximate surface area is 108 Å². The number of carbonyl (C=O) groups is 2. The van der Waals surface area contributed by atoms with Gasteiger partial charge in [-0.2, -0.15) is 0 Å². The number of ether oxygens (including phenoxy) is 1. The Balaban J connectivity index is 1.99. The number of hydrogen-bond acceptors (Lipinski definition) is 3. The predicted octanol–water partition coefficient (Wildman–Crippen LogP) is 2.47. The van der Waals surface area contributed by atoms with Crippen LogP contribution < -0.4 is 0 Å². The fourth-order valence-electron chi connectivity index (χ4n) is 3.62. The van der Waals surface area contributed by atoms with Crippen molar-refractivity contribution in [2.75, 3.05) is 0 Å². The summed E-state index contributed by atoms with van der Waals surface area (Å²) in [5, 5.41) is 8.82. The van der Waals surface area contributed by atoms with Gasteiger partial charge < -0.3 is 9.84 Å². The lowest BCUT2D eigenvalue weighted by Crippen LogP contribution is -2.41. The fraction of sp³-hybridized carbons (Fsp3) is 0.857. The van der Waals surface area contributed by atoms with Crippen LogP contribution in [0.1, 0.15) is 46.5 Å². The molecule has 2 aliphatic rings. The molecule has 0 saturated heterocycles. The molecule has 2 saturated carbocycles. The van der Waals surface area contributed by atoms with Crippen LogP contribution in [0.4, 0.5) is 0 Å². The molecule has 0 amide bonds. The molecule has 2 rings (SSSR count). The molecule has 0 aromatic carbocycles. The van der Waals surface area contributed by atoms with Gasteiger partial charge in [0.15, 0.2) is 5.92 Å². The second kappa shape index (κ2) is 4.56. The molecule has 2 fully saturated rings. The van der Waals surface area contributed by atoms with E-state index in [0.717, 1.165) is 12.3 Å². The highest BCUT2D eigenvalue weighted by molar-refractivity contribution is 5.93. The summed E-state index contributed by atoms with van der Waals surface area (Å²) in [5.41, 5.74) is -0.541. The molecule has 4 unspecified atom stereocenters. The van der Waals surface area contributed by atoms with E-state index in [-0.39, 0.29) is 0 Å². The van der Waals surface area contributed by atoms with Crippen LogP contribution >= 0.6 is 0 Å². The van der Waals surface area contributed by atoms with Gasteiger partial charge in [-0.15, -0.1) is 0 Å². The maximum atomic E-state index is 11.8. The zero-order valence-corrected chi connectivity index (χ0v) is 11.3.